The van der Waals surface area contributed by atoms with Crippen LogP contribution >= 0.6 is 0 Å². The normalized spacial score (nSPS) is 13.8. The van der Waals surface area contributed by atoms with Crippen molar-refractivity contribution in [2.75, 3.05) is 0 Å². The standard InChI is InChI=1S/C28H28F6O6S2Si2/c1-43(2,3)23-15-21(39-41(35,36)27(29,30)31)25(19-13-9-7-11-17(19)23)26-20-14-10-8-12-18(20)24(44(4,5)6)16-22(26)40-42(37,38)28(32,33)34/h7-16H,1-6H3. The summed E-state index contributed by atoms with van der Waals surface area (Å²) in [6, 6.07) is 14.7. The Morgan fingerprint density at radius 3 is 1.05 bits per heavy atom. The lowest BCUT2D eigenvalue weighted by molar-refractivity contribution is -0.0505. The predicted molar refractivity (Wildman–Crippen MR) is 164 cm³/mol. The first-order valence-electron chi connectivity index (χ1n) is 13.0. The monoisotopic (exact) mass is 694 g/mol. The van der Waals surface area contributed by atoms with E-state index in [4.69, 9.17) is 8.37 Å². The molecule has 4 rings (SSSR count). The van der Waals surface area contributed by atoms with Gasteiger partial charge in [0.2, 0.25) is 0 Å². The Balaban J connectivity index is 2.32. The highest BCUT2D eigenvalue weighted by Gasteiger charge is 2.50. The van der Waals surface area contributed by atoms with Crippen LogP contribution in [0, 0.1) is 0 Å². The molecule has 4 aromatic rings. The fourth-order valence-corrected chi connectivity index (χ4v) is 9.02. The summed E-state index contributed by atoms with van der Waals surface area (Å²) in [5, 5.41) is 2.19. The van der Waals surface area contributed by atoms with E-state index in [9.17, 15) is 43.2 Å². The Kier molecular flexibility index (Phi) is 8.27. The number of halogens is 6. The van der Waals surface area contributed by atoms with Crippen LogP contribution in [-0.2, 0) is 20.2 Å². The summed E-state index contributed by atoms with van der Waals surface area (Å²) in [7, 11) is -17.5. The zero-order chi connectivity index (χ0) is 33.3. The number of fused-ring (bicyclic) bond motifs is 2. The largest absolute Gasteiger partial charge is 0.534 e. The van der Waals surface area contributed by atoms with E-state index >= 15 is 0 Å². The summed E-state index contributed by atoms with van der Waals surface area (Å²) in [6.07, 6.45) is 0. The van der Waals surface area contributed by atoms with Gasteiger partial charge in [-0.15, -0.1) is 0 Å². The molecule has 0 unspecified atom stereocenters. The molecule has 0 atom stereocenters. The van der Waals surface area contributed by atoms with Crippen molar-refractivity contribution in [3.8, 4) is 22.6 Å². The van der Waals surface area contributed by atoms with Crippen LogP contribution < -0.4 is 18.7 Å². The van der Waals surface area contributed by atoms with Crippen LogP contribution in [0.15, 0.2) is 60.7 Å². The van der Waals surface area contributed by atoms with Gasteiger partial charge in [-0.1, -0.05) is 87.8 Å². The van der Waals surface area contributed by atoms with E-state index < -0.39 is 58.9 Å². The van der Waals surface area contributed by atoms with Crippen molar-refractivity contribution in [3.05, 3.63) is 60.7 Å². The predicted octanol–water partition coefficient (Wildman–Crippen LogP) is 7.21. The molecule has 0 aliphatic carbocycles. The van der Waals surface area contributed by atoms with Gasteiger partial charge in [0.05, 0.1) is 16.1 Å². The van der Waals surface area contributed by atoms with E-state index in [0.717, 1.165) is 12.1 Å². The van der Waals surface area contributed by atoms with Gasteiger partial charge in [-0.25, -0.2) is 0 Å². The van der Waals surface area contributed by atoms with E-state index in [2.05, 4.69) is 0 Å². The lowest BCUT2D eigenvalue weighted by atomic mass is 9.92. The van der Waals surface area contributed by atoms with Gasteiger partial charge in [-0.3, -0.25) is 0 Å². The molecule has 0 spiro atoms. The zero-order valence-electron chi connectivity index (χ0n) is 24.3. The molecule has 0 bridgehead atoms. The molecule has 0 saturated carbocycles. The molecule has 0 fully saturated rings. The lowest BCUT2D eigenvalue weighted by Gasteiger charge is -2.27. The summed E-state index contributed by atoms with van der Waals surface area (Å²) in [5.41, 5.74) is -12.4. The summed E-state index contributed by atoms with van der Waals surface area (Å²) in [4.78, 5) is 0. The third-order valence-corrected chi connectivity index (χ3v) is 12.8. The van der Waals surface area contributed by atoms with Crippen LogP contribution in [0.1, 0.15) is 0 Å². The molecule has 0 N–H and O–H groups in total. The summed E-state index contributed by atoms with van der Waals surface area (Å²) in [6.45, 7) is 11.2. The third kappa shape index (κ3) is 6.21. The minimum Gasteiger partial charge on any atom is -0.375 e. The zero-order valence-corrected chi connectivity index (χ0v) is 27.9. The average molecular weight is 695 g/mol. The van der Waals surface area contributed by atoms with Crippen LogP contribution in [-0.4, -0.2) is 44.0 Å². The van der Waals surface area contributed by atoms with Crippen LogP contribution in [0.3, 0.4) is 0 Å². The molecule has 44 heavy (non-hydrogen) atoms. The van der Waals surface area contributed by atoms with E-state index in [1.54, 1.807) is 24.3 Å². The maximum Gasteiger partial charge on any atom is 0.534 e. The molecule has 0 amide bonds. The van der Waals surface area contributed by atoms with Gasteiger partial charge >= 0.3 is 31.3 Å². The summed E-state index contributed by atoms with van der Waals surface area (Å²) >= 11 is 0. The molecule has 16 heteroatoms. The van der Waals surface area contributed by atoms with Gasteiger partial charge in [-0.05, 0) is 44.1 Å². The quantitative estimate of drug-likeness (QED) is 0.0880. The Labute approximate surface area is 252 Å². The van der Waals surface area contributed by atoms with E-state index in [1.165, 1.54) is 24.3 Å². The van der Waals surface area contributed by atoms with Crippen molar-refractivity contribution in [1.82, 2.24) is 0 Å². The molecule has 0 heterocycles. The fraction of sp³-hybridized carbons (Fsp3) is 0.286. The Morgan fingerprint density at radius 2 is 0.795 bits per heavy atom. The molecule has 4 aromatic carbocycles. The Morgan fingerprint density at radius 1 is 0.523 bits per heavy atom. The van der Waals surface area contributed by atoms with Crippen molar-refractivity contribution in [2.45, 2.75) is 50.3 Å². The van der Waals surface area contributed by atoms with Gasteiger partial charge < -0.3 is 8.37 Å². The minimum atomic E-state index is -6.28. The molecule has 0 saturated heterocycles. The van der Waals surface area contributed by atoms with Crippen molar-refractivity contribution in [2.24, 2.45) is 0 Å². The smallest absolute Gasteiger partial charge is 0.375 e. The van der Waals surface area contributed by atoms with Crippen molar-refractivity contribution in [3.63, 3.8) is 0 Å². The second-order valence-corrected chi connectivity index (χ2v) is 25.3. The topological polar surface area (TPSA) is 86.7 Å². The lowest BCUT2D eigenvalue weighted by Crippen LogP contribution is -2.39. The highest BCUT2D eigenvalue weighted by Crippen LogP contribution is 2.47. The number of hydrogen-bond donors (Lipinski definition) is 0. The first-order chi connectivity index (χ1) is 19.9. The fourth-order valence-electron chi connectivity index (χ4n) is 4.92. The van der Waals surface area contributed by atoms with Gasteiger partial charge in [0.25, 0.3) is 0 Å². The Hall–Kier alpha value is -3.09. The first-order valence-corrected chi connectivity index (χ1v) is 22.8. The third-order valence-electron chi connectivity index (χ3n) is 6.85. The molecule has 0 aliphatic heterocycles. The van der Waals surface area contributed by atoms with Crippen molar-refractivity contribution < 1.29 is 51.5 Å². The average Bonchev–Trinajstić information content (AvgIpc) is 2.85. The van der Waals surface area contributed by atoms with Gasteiger partial charge in [0.15, 0.2) is 11.5 Å². The second kappa shape index (κ2) is 10.8. The van der Waals surface area contributed by atoms with Crippen LogP contribution in [0.25, 0.3) is 32.7 Å². The van der Waals surface area contributed by atoms with Crippen LogP contribution in [0.5, 0.6) is 11.5 Å². The molecular weight excluding hydrogens is 667 g/mol. The molecule has 0 aliphatic rings. The van der Waals surface area contributed by atoms with E-state index in [0.29, 0.717) is 21.1 Å². The highest BCUT2D eigenvalue weighted by molar-refractivity contribution is 7.88. The maximum atomic E-state index is 13.6. The summed E-state index contributed by atoms with van der Waals surface area (Å²) < 4.78 is 141. The van der Waals surface area contributed by atoms with Crippen molar-refractivity contribution in [1.29, 1.82) is 0 Å². The van der Waals surface area contributed by atoms with Gasteiger partial charge in [0, 0.05) is 11.1 Å². The van der Waals surface area contributed by atoms with E-state index in [-0.39, 0.29) is 21.9 Å². The number of alkyl halides is 6. The van der Waals surface area contributed by atoms with Crippen LogP contribution in [0.4, 0.5) is 26.3 Å². The van der Waals surface area contributed by atoms with Gasteiger partial charge in [-0.2, -0.15) is 43.2 Å². The molecule has 0 radical (unpaired) electrons. The van der Waals surface area contributed by atoms with E-state index in [1.807, 2.05) is 39.3 Å². The molecule has 238 valence electrons. The number of rotatable bonds is 7. The van der Waals surface area contributed by atoms with Crippen LogP contribution in [0.2, 0.25) is 39.3 Å². The number of hydrogen-bond acceptors (Lipinski definition) is 6. The van der Waals surface area contributed by atoms with Gasteiger partial charge in [0.1, 0.15) is 0 Å². The maximum absolute atomic E-state index is 13.6. The Bertz CT molecular complexity index is 1850. The minimum absolute atomic E-state index is 0.125. The second-order valence-electron chi connectivity index (χ2n) is 12.2. The SMILES string of the molecule is C[Si](C)(C)c1cc(OS(=O)(=O)C(F)(F)F)c(-c2c(OS(=O)(=O)C(F)(F)F)cc([Si](C)(C)C)c3ccccc23)c2ccccc12. The molecule has 0 aromatic heterocycles. The molecular formula is C28H28F6O6S2Si2. The summed E-state index contributed by atoms with van der Waals surface area (Å²) in [5.74, 6) is -1.67. The number of benzene rings is 4. The first kappa shape index (κ1) is 33.8. The molecule has 6 nitrogen and oxygen atoms in total. The van der Waals surface area contributed by atoms with Crippen molar-refractivity contribution >= 4 is 68.3 Å². The highest BCUT2D eigenvalue weighted by atomic mass is 32.2.